The molecule has 0 aliphatic carbocycles. The molecule has 0 bridgehead atoms. The maximum absolute atomic E-state index is 12.3. The highest BCUT2D eigenvalue weighted by Gasteiger charge is 2.07. The lowest BCUT2D eigenvalue weighted by Gasteiger charge is -2.09. The summed E-state index contributed by atoms with van der Waals surface area (Å²) in [6.07, 6.45) is 0. The minimum absolute atomic E-state index is 0.00231. The quantitative estimate of drug-likeness (QED) is 0.709. The zero-order valence-corrected chi connectivity index (χ0v) is 14.9. The molecule has 0 spiro atoms. The number of nitrogens with one attached hydrogen (secondary N) is 1. The number of halogens is 1. The van der Waals surface area contributed by atoms with Crippen molar-refractivity contribution in [2.24, 2.45) is 0 Å². The van der Waals surface area contributed by atoms with Crippen LogP contribution in [0.1, 0.15) is 26.3 Å². The van der Waals surface area contributed by atoms with Crippen molar-refractivity contribution >= 4 is 29.2 Å². The van der Waals surface area contributed by atoms with Gasteiger partial charge in [-0.05, 0) is 59.7 Å². The van der Waals surface area contributed by atoms with E-state index in [1.165, 1.54) is 18.2 Å². The molecule has 6 heteroatoms. The van der Waals surface area contributed by atoms with Gasteiger partial charge in [0.2, 0.25) is 0 Å². The third-order valence-corrected chi connectivity index (χ3v) is 4.04. The van der Waals surface area contributed by atoms with Crippen molar-refractivity contribution in [1.29, 1.82) is 0 Å². The molecule has 0 aliphatic rings. The van der Waals surface area contributed by atoms with Crippen LogP contribution in [0.5, 0.6) is 5.75 Å². The Morgan fingerprint density at radius 2 is 1.63 bits per heavy atom. The minimum atomic E-state index is -1.30. The van der Waals surface area contributed by atoms with Gasteiger partial charge in [-0.1, -0.05) is 35.9 Å². The summed E-state index contributed by atoms with van der Waals surface area (Å²) in [6.45, 7) is 0.358. The molecule has 0 atom stereocenters. The van der Waals surface area contributed by atoms with E-state index in [4.69, 9.17) is 16.3 Å². The number of carbonyl (C=O) groups excluding carboxylic acids is 2. The highest BCUT2D eigenvalue weighted by atomic mass is 35.5. The van der Waals surface area contributed by atoms with E-state index in [1.807, 2.05) is 0 Å². The summed E-state index contributed by atoms with van der Waals surface area (Å²) in [5.74, 6) is -0.930. The first-order valence-electron chi connectivity index (χ1n) is 8.11. The van der Waals surface area contributed by atoms with Crippen LogP contribution in [0.15, 0.2) is 72.8 Å². The molecular formula is C21H15ClNO4-. The molecule has 0 heterocycles. The summed E-state index contributed by atoms with van der Waals surface area (Å²) in [5.41, 5.74) is 1.74. The predicted molar refractivity (Wildman–Crippen MR) is 101 cm³/mol. The van der Waals surface area contributed by atoms with Crippen LogP contribution in [0.3, 0.4) is 0 Å². The van der Waals surface area contributed by atoms with E-state index < -0.39 is 5.97 Å². The summed E-state index contributed by atoms with van der Waals surface area (Å²) < 4.78 is 5.66. The molecule has 0 aromatic heterocycles. The molecular weight excluding hydrogens is 366 g/mol. The monoisotopic (exact) mass is 380 g/mol. The average molecular weight is 381 g/mol. The second-order valence-corrected chi connectivity index (χ2v) is 6.20. The van der Waals surface area contributed by atoms with Gasteiger partial charge in [0.25, 0.3) is 5.91 Å². The second-order valence-electron chi connectivity index (χ2n) is 5.76. The lowest BCUT2D eigenvalue weighted by molar-refractivity contribution is -0.255. The maximum atomic E-state index is 12.3. The number of hydrogen-bond donors (Lipinski definition) is 1. The van der Waals surface area contributed by atoms with Crippen LogP contribution >= 0.6 is 11.6 Å². The molecule has 3 aromatic rings. The number of carboxylic acids is 1. The number of aromatic carboxylic acids is 1. The molecule has 0 aliphatic heterocycles. The smallest absolute Gasteiger partial charge is 0.255 e. The van der Waals surface area contributed by atoms with Crippen molar-refractivity contribution in [3.63, 3.8) is 0 Å². The van der Waals surface area contributed by atoms with Gasteiger partial charge in [-0.2, -0.15) is 0 Å². The fraction of sp³-hybridized carbons (Fsp3) is 0.0476. The van der Waals surface area contributed by atoms with Crippen LogP contribution in [0.4, 0.5) is 5.69 Å². The molecule has 0 saturated carbocycles. The van der Waals surface area contributed by atoms with E-state index in [0.29, 0.717) is 28.6 Å². The van der Waals surface area contributed by atoms with Crippen LogP contribution < -0.4 is 15.2 Å². The molecule has 1 amide bonds. The molecule has 3 rings (SSSR count). The zero-order chi connectivity index (χ0) is 19.2. The van der Waals surface area contributed by atoms with E-state index >= 15 is 0 Å². The lowest BCUT2D eigenvalue weighted by atomic mass is 10.1. The zero-order valence-electron chi connectivity index (χ0n) is 14.1. The Hall–Kier alpha value is -3.31. The predicted octanol–water partition coefficient (Wildman–Crippen LogP) is 3.53. The molecule has 1 N–H and O–H groups in total. The molecule has 0 unspecified atom stereocenters. The maximum Gasteiger partial charge on any atom is 0.255 e. The van der Waals surface area contributed by atoms with Crippen molar-refractivity contribution < 1.29 is 19.4 Å². The Kier molecular flexibility index (Phi) is 5.74. The van der Waals surface area contributed by atoms with E-state index in [2.05, 4.69) is 5.32 Å². The van der Waals surface area contributed by atoms with Crippen molar-refractivity contribution in [2.45, 2.75) is 6.61 Å². The minimum Gasteiger partial charge on any atom is -0.545 e. The van der Waals surface area contributed by atoms with Crippen molar-refractivity contribution in [1.82, 2.24) is 0 Å². The Morgan fingerprint density at radius 1 is 0.926 bits per heavy atom. The molecule has 27 heavy (non-hydrogen) atoms. The number of anilines is 1. The summed E-state index contributed by atoms with van der Waals surface area (Å²) in [7, 11) is 0. The van der Waals surface area contributed by atoms with E-state index in [1.54, 1.807) is 54.6 Å². The number of carbonyl (C=O) groups is 2. The van der Waals surface area contributed by atoms with Crippen molar-refractivity contribution in [2.75, 3.05) is 5.32 Å². The Balaban J connectivity index is 1.60. The van der Waals surface area contributed by atoms with Gasteiger partial charge in [-0.15, -0.1) is 0 Å². The number of hydrogen-bond acceptors (Lipinski definition) is 4. The second kappa shape index (κ2) is 8.38. The van der Waals surface area contributed by atoms with Crippen molar-refractivity contribution in [3.05, 3.63) is 94.5 Å². The van der Waals surface area contributed by atoms with Gasteiger partial charge >= 0.3 is 0 Å². The van der Waals surface area contributed by atoms with Gasteiger partial charge in [0.15, 0.2) is 0 Å². The van der Waals surface area contributed by atoms with Gasteiger partial charge in [-0.25, -0.2) is 0 Å². The Morgan fingerprint density at radius 3 is 2.30 bits per heavy atom. The lowest BCUT2D eigenvalue weighted by Crippen LogP contribution is -2.22. The highest BCUT2D eigenvalue weighted by Crippen LogP contribution is 2.17. The van der Waals surface area contributed by atoms with Gasteiger partial charge in [0.05, 0.1) is 5.97 Å². The van der Waals surface area contributed by atoms with Gasteiger partial charge in [-0.3, -0.25) is 4.79 Å². The van der Waals surface area contributed by atoms with Crippen LogP contribution in [0, 0.1) is 0 Å². The third-order valence-electron chi connectivity index (χ3n) is 3.79. The molecule has 0 fully saturated rings. The van der Waals surface area contributed by atoms with Crippen LogP contribution in [-0.2, 0) is 6.61 Å². The fourth-order valence-corrected chi connectivity index (χ4v) is 2.50. The third kappa shape index (κ3) is 5.09. The molecule has 3 aromatic carbocycles. The summed E-state index contributed by atoms with van der Waals surface area (Å²) in [5, 5.41) is 14.2. The number of rotatable bonds is 6. The van der Waals surface area contributed by atoms with Crippen molar-refractivity contribution in [3.8, 4) is 5.75 Å². The van der Waals surface area contributed by atoms with Gasteiger partial charge in [0, 0.05) is 16.3 Å². The van der Waals surface area contributed by atoms with E-state index in [-0.39, 0.29) is 11.5 Å². The summed E-state index contributed by atoms with van der Waals surface area (Å²) >= 11 is 5.83. The first-order valence-corrected chi connectivity index (χ1v) is 8.49. The first-order chi connectivity index (χ1) is 13.0. The van der Waals surface area contributed by atoms with Crippen LogP contribution in [0.25, 0.3) is 0 Å². The number of benzene rings is 3. The largest absolute Gasteiger partial charge is 0.545 e. The Bertz CT molecular complexity index is 953. The van der Waals surface area contributed by atoms with Gasteiger partial charge < -0.3 is 20.0 Å². The van der Waals surface area contributed by atoms with Gasteiger partial charge in [0.1, 0.15) is 12.4 Å². The Labute approximate surface area is 161 Å². The average Bonchev–Trinajstić information content (AvgIpc) is 2.68. The molecule has 136 valence electrons. The number of ether oxygens (including phenoxy) is 1. The molecule has 0 radical (unpaired) electrons. The molecule has 0 saturated heterocycles. The van der Waals surface area contributed by atoms with E-state index in [0.717, 1.165) is 5.56 Å². The fourth-order valence-electron chi connectivity index (χ4n) is 2.38. The number of amides is 1. The van der Waals surface area contributed by atoms with E-state index in [9.17, 15) is 14.7 Å². The normalized spacial score (nSPS) is 10.3. The standard InChI is InChI=1S/C21H16ClNO4/c22-17-8-10-19(11-9-17)27-13-14-4-6-15(7-5-14)20(24)23-18-3-1-2-16(12-18)21(25)26/h1-12H,13H2,(H,23,24)(H,25,26)/p-1. The highest BCUT2D eigenvalue weighted by molar-refractivity contribution is 6.30. The van der Waals surface area contributed by atoms with Crippen LogP contribution in [-0.4, -0.2) is 11.9 Å². The summed E-state index contributed by atoms with van der Waals surface area (Å²) in [4.78, 5) is 23.2. The SMILES string of the molecule is O=C([O-])c1cccc(NC(=O)c2ccc(COc3ccc(Cl)cc3)cc2)c1. The van der Waals surface area contributed by atoms with Crippen LogP contribution in [0.2, 0.25) is 5.02 Å². The summed E-state index contributed by atoms with van der Waals surface area (Å²) in [6, 6.07) is 19.9. The molecule has 5 nitrogen and oxygen atoms in total. The number of carboxylic acid groups (broad SMARTS) is 1. The topological polar surface area (TPSA) is 78.5 Å². The first kappa shape index (κ1) is 18.5.